The van der Waals surface area contributed by atoms with E-state index in [4.69, 9.17) is 14.2 Å². The highest BCUT2D eigenvalue weighted by Gasteiger charge is 2.02. The molecule has 7 heteroatoms. The van der Waals surface area contributed by atoms with E-state index in [1.165, 1.54) is 0 Å². The van der Waals surface area contributed by atoms with Crippen molar-refractivity contribution < 1.29 is 19.0 Å². The summed E-state index contributed by atoms with van der Waals surface area (Å²) in [6.45, 7) is 1.05. The van der Waals surface area contributed by atoms with E-state index in [2.05, 4.69) is 15.5 Å². The van der Waals surface area contributed by atoms with Gasteiger partial charge < -0.3 is 14.2 Å². The van der Waals surface area contributed by atoms with Gasteiger partial charge in [0.05, 0.1) is 26.5 Å². The Bertz CT molecular complexity index is 977. The Morgan fingerprint density at radius 3 is 2.37 bits per heavy atom. The molecule has 0 radical (unpaired) electrons. The monoisotopic (exact) mass is 405 g/mol. The van der Waals surface area contributed by atoms with Crippen molar-refractivity contribution in [3.8, 4) is 17.2 Å². The molecule has 0 saturated heterocycles. The molecule has 0 aliphatic rings. The third-order valence-corrected chi connectivity index (χ3v) is 4.05. The van der Waals surface area contributed by atoms with E-state index < -0.39 is 0 Å². The third-order valence-electron chi connectivity index (χ3n) is 4.05. The predicted octanol–water partition coefficient (Wildman–Crippen LogP) is 3.70. The molecule has 0 unspecified atom stereocenters. The summed E-state index contributed by atoms with van der Waals surface area (Å²) in [5, 5.41) is 3.99. The summed E-state index contributed by atoms with van der Waals surface area (Å²) in [4.78, 5) is 15.8. The van der Waals surface area contributed by atoms with Crippen molar-refractivity contribution in [2.24, 2.45) is 5.10 Å². The molecule has 154 valence electrons. The van der Waals surface area contributed by atoms with Gasteiger partial charge in [0, 0.05) is 30.4 Å². The van der Waals surface area contributed by atoms with Gasteiger partial charge in [0.2, 0.25) is 0 Å². The molecule has 1 amide bonds. The summed E-state index contributed by atoms with van der Waals surface area (Å²) in [6, 6.07) is 18.2. The van der Waals surface area contributed by atoms with Crippen LogP contribution in [0.15, 0.2) is 78.2 Å². The quantitative estimate of drug-likeness (QED) is 0.316. The minimum Gasteiger partial charge on any atom is -0.497 e. The number of nitrogens with zero attached hydrogens (tertiary/aromatic N) is 2. The Morgan fingerprint density at radius 1 is 0.967 bits per heavy atom. The average Bonchev–Trinajstić information content (AvgIpc) is 2.80. The number of amides is 1. The molecule has 0 atom stereocenters. The molecule has 1 aromatic heterocycles. The molecule has 0 bridgehead atoms. The SMILES string of the molecule is COc1cccc(OCCCOc2cccc(/C=N\NC(=O)c3ccncc3)c2)c1. The lowest BCUT2D eigenvalue weighted by Gasteiger charge is -2.09. The zero-order chi connectivity index (χ0) is 21.0. The molecule has 0 spiro atoms. The molecule has 0 aliphatic heterocycles. The Kier molecular flexibility index (Phi) is 7.79. The number of benzene rings is 2. The third kappa shape index (κ3) is 6.63. The van der Waals surface area contributed by atoms with Gasteiger partial charge in [0.15, 0.2) is 0 Å². The normalized spacial score (nSPS) is 10.6. The molecule has 7 nitrogen and oxygen atoms in total. The van der Waals surface area contributed by atoms with Crippen molar-refractivity contribution >= 4 is 12.1 Å². The second kappa shape index (κ2) is 11.2. The number of nitrogens with one attached hydrogen (secondary N) is 1. The molecular weight excluding hydrogens is 382 g/mol. The van der Waals surface area contributed by atoms with Crippen molar-refractivity contribution in [3.63, 3.8) is 0 Å². The molecular formula is C23H23N3O4. The van der Waals surface area contributed by atoms with Crippen LogP contribution in [0.3, 0.4) is 0 Å². The largest absolute Gasteiger partial charge is 0.497 e. The zero-order valence-electron chi connectivity index (χ0n) is 16.7. The van der Waals surface area contributed by atoms with Gasteiger partial charge in [-0.25, -0.2) is 5.43 Å². The molecule has 2 aromatic carbocycles. The number of methoxy groups -OCH3 is 1. The molecule has 3 aromatic rings. The van der Waals surface area contributed by atoms with E-state index in [9.17, 15) is 4.79 Å². The van der Waals surface area contributed by atoms with Crippen LogP contribution in [0.1, 0.15) is 22.3 Å². The predicted molar refractivity (Wildman–Crippen MR) is 114 cm³/mol. The van der Waals surface area contributed by atoms with Gasteiger partial charge in [-0.1, -0.05) is 18.2 Å². The number of carbonyl (C=O) groups is 1. The number of hydrogen-bond acceptors (Lipinski definition) is 6. The van der Waals surface area contributed by atoms with Gasteiger partial charge in [0.25, 0.3) is 5.91 Å². The summed E-state index contributed by atoms with van der Waals surface area (Å²) in [5.74, 6) is 1.96. The molecule has 1 heterocycles. The van der Waals surface area contributed by atoms with Crippen LogP contribution in [0.5, 0.6) is 17.2 Å². The fraction of sp³-hybridized carbons (Fsp3) is 0.174. The topological polar surface area (TPSA) is 82.0 Å². The average molecular weight is 405 g/mol. The van der Waals surface area contributed by atoms with Crippen molar-refractivity contribution in [2.75, 3.05) is 20.3 Å². The van der Waals surface area contributed by atoms with E-state index in [0.29, 0.717) is 18.8 Å². The summed E-state index contributed by atoms with van der Waals surface area (Å²) >= 11 is 0. The van der Waals surface area contributed by atoms with Crippen molar-refractivity contribution in [1.29, 1.82) is 0 Å². The van der Waals surface area contributed by atoms with Gasteiger partial charge in [-0.15, -0.1) is 0 Å². The Morgan fingerprint density at radius 2 is 1.63 bits per heavy atom. The molecule has 1 N–H and O–H groups in total. The van der Waals surface area contributed by atoms with Gasteiger partial charge in [-0.3, -0.25) is 9.78 Å². The second-order valence-electron chi connectivity index (χ2n) is 6.24. The van der Waals surface area contributed by atoms with Crippen molar-refractivity contribution in [3.05, 3.63) is 84.2 Å². The molecule has 0 aliphatic carbocycles. The lowest BCUT2D eigenvalue weighted by molar-refractivity contribution is 0.0955. The van der Waals surface area contributed by atoms with Crippen LogP contribution < -0.4 is 19.6 Å². The number of rotatable bonds is 10. The Balaban J connectivity index is 1.41. The summed E-state index contributed by atoms with van der Waals surface area (Å²) < 4.78 is 16.6. The van der Waals surface area contributed by atoms with Crippen molar-refractivity contribution in [2.45, 2.75) is 6.42 Å². The highest BCUT2D eigenvalue weighted by Crippen LogP contribution is 2.19. The van der Waals surface area contributed by atoms with Crippen LogP contribution in [0.2, 0.25) is 0 Å². The van der Waals surface area contributed by atoms with Crippen molar-refractivity contribution in [1.82, 2.24) is 10.4 Å². The van der Waals surface area contributed by atoms with Crippen LogP contribution in [-0.2, 0) is 0 Å². The summed E-state index contributed by atoms with van der Waals surface area (Å²) in [7, 11) is 1.63. The molecule has 0 fully saturated rings. The van der Waals surface area contributed by atoms with Crippen LogP contribution in [-0.4, -0.2) is 37.4 Å². The maximum atomic E-state index is 11.9. The number of carbonyl (C=O) groups excluding carboxylic acids is 1. The number of aromatic nitrogens is 1. The smallest absolute Gasteiger partial charge is 0.271 e. The van der Waals surface area contributed by atoms with Crippen LogP contribution in [0, 0.1) is 0 Å². The lowest BCUT2D eigenvalue weighted by atomic mass is 10.2. The van der Waals surface area contributed by atoms with Gasteiger partial charge >= 0.3 is 0 Å². The first-order chi connectivity index (χ1) is 14.7. The number of hydrogen-bond donors (Lipinski definition) is 1. The maximum absolute atomic E-state index is 11.9. The second-order valence-corrected chi connectivity index (χ2v) is 6.24. The molecule has 30 heavy (non-hydrogen) atoms. The van der Waals surface area contributed by atoms with Crippen LogP contribution >= 0.6 is 0 Å². The van der Waals surface area contributed by atoms with Crippen LogP contribution in [0.4, 0.5) is 0 Å². The number of pyridine rings is 1. The van der Waals surface area contributed by atoms with E-state index in [1.807, 2.05) is 48.5 Å². The number of ether oxygens (including phenoxy) is 3. The van der Waals surface area contributed by atoms with Gasteiger partial charge in [0.1, 0.15) is 17.2 Å². The molecule has 0 saturated carbocycles. The highest BCUT2D eigenvalue weighted by molar-refractivity contribution is 5.94. The van der Waals surface area contributed by atoms with E-state index >= 15 is 0 Å². The van der Waals surface area contributed by atoms with E-state index in [1.54, 1.807) is 37.9 Å². The first-order valence-electron chi connectivity index (χ1n) is 9.48. The van der Waals surface area contributed by atoms with Crippen LogP contribution in [0.25, 0.3) is 0 Å². The minimum absolute atomic E-state index is 0.294. The van der Waals surface area contributed by atoms with E-state index in [0.717, 1.165) is 29.2 Å². The number of hydrazone groups is 1. The Labute approximate surface area is 175 Å². The zero-order valence-corrected chi connectivity index (χ0v) is 16.7. The van der Waals surface area contributed by atoms with Gasteiger partial charge in [-0.2, -0.15) is 5.10 Å². The molecule has 3 rings (SSSR count). The maximum Gasteiger partial charge on any atom is 0.271 e. The summed E-state index contributed by atoms with van der Waals surface area (Å²) in [6.07, 6.45) is 5.41. The Hall–Kier alpha value is -3.87. The van der Waals surface area contributed by atoms with E-state index in [-0.39, 0.29) is 5.91 Å². The fourth-order valence-corrected chi connectivity index (χ4v) is 2.55. The van der Waals surface area contributed by atoms with Gasteiger partial charge in [-0.05, 0) is 42.0 Å². The standard InChI is InChI=1S/C23H23N3O4/c1-28-20-6-3-8-22(16-20)30-14-4-13-29-21-7-2-5-18(15-21)17-25-26-23(27)19-9-11-24-12-10-19/h2-3,5-12,15-17H,4,13-14H2,1H3,(H,26,27)/b25-17-. The minimum atomic E-state index is -0.294. The first kappa shape index (κ1) is 20.9. The first-order valence-corrected chi connectivity index (χ1v) is 9.48. The lowest BCUT2D eigenvalue weighted by Crippen LogP contribution is -2.17. The summed E-state index contributed by atoms with van der Waals surface area (Å²) in [5.41, 5.74) is 3.80. The fourth-order valence-electron chi connectivity index (χ4n) is 2.55. The highest BCUT2D eigenvalue weighted by atomic mass is 16.5.